The van der Waals surface area contributed by atoms with Gasteiger partial charge in [-0.05, 0) is 31.2 Å². The lowest BCUT2D eigenvalue weighted by Gasteiger charge is -2.22. The van der Waals surface area contributed by atoms with Gasteiger partial charge >= 0.3 is 0 Å². The van der Waals surface area contributed by atoms with E-state index < -0.39 is 0 Å². The number of rotatable bonds is 1. The summed E-state index contributed by atoms with van der Waals surface area (Å²) in [6, 6.07) is 19.7. The summed E-state index contributed by atoms with van der Waals surface area (Å²) in [5.74, 6) is 0. The van der Waals surface area contributed by atoms with Crippen LogP contribution in [0.15, 0.2) is 54.6 Å². The standard InChI is InChI=1S/C19H21N/c1-14-9-11-16(12-10-14)20-17-8-6-5-7-15(17)13-18(20)19(2,3)4/h5-13H,1-4H3. The number of aryl methyl sites for hydroxylation is 1. The molecule has 0 N–H and O–H groups in total. The van der Waals surface area contributed by atoms with Gasteiger partial charge in [-0.25, -0.2) is 0 Å². The van der Waals surface area contributed by atoms with Crippen molar-refractivity contribution in [1.82, 2.24) is 4.57 Å². The fourth-order valence-electron chi connectivity index (χ4n) is 2.68. The molecule has 0 aliphatic heterocycles. The van der Waals surface area contributed by atoms with Crippen molar-refractivity contribution in [2.45, 2.75) is 33.1 Å². The third-order valence-electron chi connectivity index (χ3n) is 3.77. The molecule has 1 aromatic heterocycles. The lowest BCUT2D eigenvalue weighted by Crippen LogP contribution is -2.16. The zero-order valence-electron chi connectivity index (χ0n) is 12.6. The summed E-state index contributed by atoms with van der Waals surface area (Å²) in [5.41, 5.74) is 5.28. The smallest absolute Gasteiger partial charge is 0.0531 e. The van der Waals surface area contributed by atoms with Crippen LogP contribution in [0.2, 0.25) is 0 Å². The Morgan fingerprint density at radius 3 is 2.15 bits per heavy atom. The van der Waals surface area contributed by atoms with E-state index in [0.29, 0.717) is 0 Å². The van der Waals surface area contributed by atoms with Crippen LogP contribution in [0.5, 0.6) is 0 Å². The number of aromatic nitrogens is 1. The molecule has 0 amide bonds. The van der Waals surface area contributed by atoms with Crippen LogP contribution in [0.3, 0.4) is 0 Å². The van der Waals surface area contributed by atoms with Crippen molar-refractivity contribution in [2.75, 3.05) is 0 Å². The Labute approximate surface area is 120 Å². The van der Waals surface area contributed by atoms with Crippen LogP contribution >= 0.6 is 0 Å². The molecule has 20 heavy (non-hydrogen) atoms. The second kappa shape index (κ2) is 4.52. The highest BCUT2D eigenvalue weighted by Gasteiger charge is 2.21. The number of hydrogen-bond acceptors (Lipinski definition) is 0. The molecule has 0 aliphatic carbocycles. The Hall–Kier alpha value is -2.02. The van der Waals surface area contributed by atoms with Crippen LogP contribution in [0.1, 0.15) is 32.0 Å². The van der Waals surface area contributed by atoms with Gasteiger partial charge in [0.25, 0.3) is 0 Å². The quantitative estimate of drug-likeness (QED) is 0.566. The van der Waals surface area contributed by atoms with Crippen molar-refractivity contribution in [1.29, 1.82) is 0 Å². The van der Waals surface area contributed by atoms with Crippen molar-refractivity contribution in [3.8, 4) is 5.69 Å². The average Bonchev–Trinajstić information content (AvgIpc) is 2.79. The van der Waals surface area contributed by atoms with Gasteiger partial charge in [-0.1, -0.05) is 56.7 Å². The molecule has 0 fully saturated rings. The van der Waals surface area contributed by atoms with E-state index in [9.17, 15) is 0 Å². The molecule has 3 rings (SSSR count). The molecule has 1 heteroatoms. The van der Waals surface area contributed by atoms with Gasteiger partial charge in [-0.15, -0.1) is 0 Å². The maximum absolute atomic E-state index is 2.38. The van der Waals surface area contributed by atoms with E-state index in [4.69, 9.17) is 0 Å². The van der Waals surface area contributed by atoms with Gasteiger partial charge in [0.15, 0.2) is 0 Å². The van der Waals surface area contributed by atoms with Crippen LogP contribution in [-0.4, -0.2) is 4.57 Å². The number of fused-ring (bicyclic) bond motifs is 1. The second-order valence-corrected chi connectivity index (χ2v) is 6.51. The summed E-state index contributed by atoms with van der Waals surface area (Å²) < 4.78 is 2.38. The lowest BCUT2D eigenvalue weighted by molar-refractivity contribution is 0.559. The molecular weight excluding hydrogens is 242 g/mol. The molecule has 1 heterocycles. The van der Waals surface area contributed by atoms with Crippen molar-refractivity contribution < 1.29 is 0 Å². The second-order valence-electron chi connectivity index (χ2n) is 6.51. The highest BCUT2D eigenvalue weighted by atomic mass is 15.0. The first-order valence-electron chi connectivity index (χ1n) is 7.15. The van der Waals surface area contributed by atoms with E-state index >= 15 is 0 Å². The molecule has 0 unspecified atom stereocenters. The van der Waals surface area contributed by atoms with E-state index in [1.807, 2.05) is 0 Å². The summed E-state index contributed by atoms with van der Waals surface area (Å²) in [6.45, 7) is 8.94. The van der Waals surface area contributed by atoms with Crippen LogP contribution in [-0.2, 0) is 5.41 Å². The van der Waals surface area contributed by atoms with E-state index in [2.05, 4.69) is 86.9 Å². The van der Waals surface area contributed by atoms with Gasteiger partial charge in [-0.2, -0.15) is 0 Å². The predicted octanol–water partition coefficient (Wildman–Crippen LogP) is 5.24. The molecule has 0 bridgehead atoms. The van der Waals surface area contributed by atoms with Gasteiger partial charge in [0.1, 0.15) is 0 Å². The van der Waals surface area contributed by atoms with Crippen molar-refractivity contribution in [3.63, 3.8) is 0 Å². The SMILES string of the molecule is Cc1ccc(-n2c(C(C)(C)C)cc3ccccc32)cc1. The number of hydrogen-bond donors (Lipinski definition) is 0. The molecule has 0 spiro atoms. The molecule has 0 saturated heterocycles. The van der Waals surface area contributed by atoms with Gasteiger partial charge in [0, 0.05) is 22.2 Å². The summed E-state index contributed by atoms with van der Waals surface area (Å²) in [6.07, 6.45) is 0. The summed E-state index contributed by atoms with van der Waals surface area (Å²) >= 11 is 0. The third kappa shape index (κ3) is 2.14. The van der Waals surface area contributed by atoms with E-state index in [-0.39, 0.29) is 5.41 Å². The fourth-order valence-corrected chi connectivity index (χ4v) is 2.68. The zero-order chi connectivity index (χ0) is 14.3. The van der Waals surface area contributed by atoms with E-state index in [1.165, 1.54) is 27.8 Å². The normalized spacial score (nSPS) is 12.0. The molecule has 0 atom stereocenters. The molecule has 1 nitrogen and oxygen atoms in total. The molecule has 0 aliphatic rings. The molecule has 2 aromatic carbocycles. The molecule has 102 valence electrons. The van der Waals surface area contributed by atoms with Gasteiger partial charge in [-0.3, -0.25) is 0 Å². The van der Waals surface area contributed by atoms with Gasteiger partial charge < -0.3 is 4.57 Å². The first kappa shape index (κ1) is 13.0. The molecule has 0 radical (unpaired) electrons. The minimum absolute atomic E-state index is 0.115. The average molecular weight is 263 g/mol. The minimum atomic E-state index is 0.115. The van der Waals surface area contributed by atoms with Crippen LogP contribution in [0.4, 0.5) is 0 Å². The van der Waals surface area contributed by atoms with E-state index in [1.54, 1.807) is 0 Å². The number of para-hydroxylation sites is 1. The third-order valence-corrected chi connectivity index (χ3v) is 3.77. The number of nitrogens with zero attached hydrogens (tertiary/aromatic N) is 1. The Bertz CT molecular complexity index is 740. The molecular formula is C19H21N. The predicted molar refractivity (Wildman–Crippen MR) is 86.7 cm³/mol. The van der Waals surface area contributed by atoms with Crippen molar-refractivity contribution in [2.24, 2.45) is 0 Å². The van der Waals surface area contributed by atoms with Gasteiger partial charge in [0.2, 0.25) is 0 Å². The maximum Gasteiger partial charge on any atom is 0.0531 e. The number of benzene rings is 2. The topological polar surface area (TPSA) is 4.93 Å². The first-order chi connectivity index (χ1) is 9.47. The summed E-state index contributed by atoms with van der Waals surface area (Å²) in [4.78, 5) is 0. The molecule has 3 aromatic rings. The highest BCUT2D eigenvalue weighted by Crippen LogP contribution is 2.32. The van der Waals surface area contributed by atoms with Crippen LogP contribution < -0.4 is 0 Å². The summed E-state index contributed by atoms with van der Waals surface area (Å²) in [5, 5.41) is 1.30. The highest BCUT2D eigenvalue weighted by molar-refractivity contribution is 5.83. The largest absolute Gasteiger partial charge is 0.313 e. The maximum atomic E-state index is 2.38. The Morgan fingerprint density at radius 1 is 0.850 bits per heavy atom. The van der Waals surface area contributed by atoms with Gasteiger partial charge in [0.05, 0.1) is 5.52 Å². The first-order valence-corrected chi connectivity index (χ1v) is 7.15. The van der Waals surface area contributed by atoms with Crippen molar-refractivity contribution >= 4 is 10.9 Å². The van der Waals surface area contributed by atoms with E-state index in [0.717, 1.165) is 0 Å². The zero-order valence-corrected chi connectivity index (χ0v) is 12.6. The van der Waals surface area contributed by atoms with Crippen LogP contribution in [0, 0.1) is 6.92 Å². The van der Waals surface area contributed by atoms with Crippen molar-refractivity contribution in [3.05, 3.63) is 65.9 Å². The monoisotopic (exact) mass is 263 g/mol. The Balaban J connectivity index is 2.34. The summed E-state index contributed by atoms with van der Waals surface area (Å²) in [7, 11) is 0. The Morgan fingerprint density at radius 2 is 1.50 bits per heavy atom. The van der Waals surface area contributed by atoms with Crippen LogP contribution in [0.25, 0.3) is 16.6 Å². The minimum Gasteiger partial charge on any atom is -0.313 e. The lowest BCUT2D eigenvalue weighted by atomic mass is 9.92. The fraction of sp³-hybridized carbons (Fsp3) is 0.263. The molecule has 0 saturated carbocycles. The Kier molecular flexibility index (Phi) is 2.93.